The smallest absolute Gasteiger partial charge is 0.328 e. The van der Waals surface area contributed by atoms with Gasteiger partial charge in [-0.15, -0.1) is 0 Å². The standard InChI is InChI=1S/C15H17BrN2O3/c1-15(2)14(21)17-7-8-18(15)11-5-3-10(12(16)9-11)4-6-13(19)20/h3-6,9H,7-8H2,1-2H3,(H,17,21)(H,19,20)/b6-4+. The molecule has 0 radical (unpaired) electrons. The lowest BCUT2D eigenvalue weighted by molar-refractivity contribution is -0.131. The quantitative estimate of drug-likeness (QED) is 0.818. The zero-order chi connectivity index (χ0) is 15.6. The first-order chi connectivity index (χ1) is 9.82. The minimum absolute atomic E-state index is 0.000257. The fourth-order valence-electron chi connectivity index (χ4n) is 2.33. The fourth-order valence-corrected chi connectivity index (χ4v) is 2.83. The van der Waals surface area contributed by atoms with Gasteiger partial charge in [0.2, 0.25) is 5.91 Å². The van der Waals surface area contributed by atoms with E-state index in [0.29, 0.717) is 6.54 Å². The first kappa shape index (κ1) is 15.6. The van der Waals surface area contributed by atoms with E-state index in [1.807, 2.05) is 36.9 Å². The van der Waals surface area contributed by atoms with Crippen molar-refractivity contribution in [3.63, 3.8) is 0 Å². The number of nitrogens with one attached hydrogen (secondary N) is 1. The van der Waals surface area contributed by atoms with Gasteiger partial charge in [-0.2, -0.15) is 0 Å². The highest BCUT2D eigenvalue weighted by molar-refractivity contribution is 9.10. The number of halogens is 1. The lowest BCUT2D eigenvalue weighted by Gasteiger charge is -2.43. The van der Waals surface area contributed by atoms with E-state index in [-0.39, 0.29) is 5.91 Å². The molecule has 112 valence electrons. The Labute approximate surface area is 131 Å². The molecule has 1 saturated heterocycles. The first-order valence-electron chi connectivity index (χ1n) is 6.59. The molecule has 6 heteroatoms. The number of carboxylic acid groups (broad SMARTS) is 1. The second-order valence-corrected chi connectivity index (χ2v) is 6.20. The van der Waals surface area contributed by atoms with E-state index in [0.717, 1.165) is 28.3 Å². The molecule has 0 bridgehead atoms. The summed E-state index contributed by atoms with van der Waals surface area (Å²) < 4.78 is 0.791. The van der Waals surface area contributed by atoms with Gasteiger partial charge in [0.05, 0.1) is 0 Å². The molecule has 2 N–H and O–H groups in total. The van der Waals surface area contributed by atoms with E-state index in [9.17, 15) is 9.59 Å². The van der Waals surface area contributed by atoms with E-state index >= 15 is 0 Å². The van der Waals surface area contributed by atoms with Gasteiger partial charge < -0.3 is 15.3 Å². The van der Waals surface area contributed by atoms with Gasteiger partial charge in [-0.3, -0.25) is 4.79 Å². The van der Waals surface area contributed by atoms with Crippen LogP contribution in [0.5, 0.6) is 0 Å². The van der Waals surface area contributed by atoms with Crippen molar-refractivity contribution in [1.29, 1.82) is 0 Å². The summed E-state index contributed by atoms with van der Waals surface area (Å²) >= 11 is 3.45. The Balaban J connectivity index is 2.31. The van der Waals surface area contributed by atoms with Crippen molar-refractivity contribution in [3.05, 3.63) is 34.3 Å². The van der Waals surface area contributed by atoms with Crippen LogP contribution in [0.4, 0.5) is 5.69 Å². The van der Waals surface area contributed by atoms with Crippen LogP contribution in [0.1, 0.15) is 19.4 Å². The Morgan fingerprint density at radius 2 is 2.19 bits per heavy atom. The minimum Gasteiger partial charge on any atom is -0.478 e. The van der Waals surface area contributed by atoms with Crippen LogP contribution >= 0.6 is 15.9 Å². The van der Waals surface area contributed by atoms with Crippen molar-refractivity contribution < 1.29 is 14.7 Å². The average molecular weight is 353 g/mol. The Morgan fingerprint density at radius 1 is 1.48 bits per heavy atom. The number of nitrogens with zero attached hydrogens (tertiary/aromatic N) is 1. The molecule has 0 saturated carbocycles. The van der Waals surface area contributed by atoms with E-state index in [2.05, 4.69) is 21.2 Å². The van der Waals surface area contributed by atoms with Crippen LogP contribution in [-0.4, -0.2) is 35.6 Å². The molecule has 1 fully saturated rings. The fraction of sp³-hybridized carbons (Fsp3) is 0.333. The molecular weight excluding hydrogens is 336 g/mol. The van der Waals surface area contributed by atoms with Gasteiger partial charge in [-0.25, -0.2) is 4.79 Å². The molecule has 1 aliphatic rings. The number of piperazine rings is 1. The van der Waals surface area contributed by atoms with Gasteiger partial charge in [0.25, 0.3) is 0 Å². The predicted octanol–water partition coefficient (Wildman–Crippen LogP) is 2.26. The van der Waals surface area contributed by atoms with Gasteiger partial charge >= 0.3 is 5.97 Å². The van der Waals surface area contributed by atoms with Crippen LogP contribution in [0.25, 0.3) is 6.08 Å². The number of anilines is 1. The molecule has 1 aliphatic heterocycles. The third-order valence-corrected chi connectivity index (χ3v) is 4.24. The monoisotopic (exact) mass is 352 g/mol. The Kier molecular flexibility index (Phi) is 4.37. The summed E-state index contributed by atoms with van der Waals surface area (Å²) in [7, 11) is 0. The maximum absolute atomic E-state index is 12.0. The molecule has 2 rings (SSSR count). The van der Waals surface area contributed by atoms with Crippen molar-refractivity contribution in [2.75, 3.05) is 18.0 Å². The Hall–Kier alpha value is -1.82. The molecule has 5 nitrogen and oxygen atoms in total. The predicted molar refractivity (Wildman–Crippen MR) is 85.2 cm³/mol. The number of carbonyl (C=O) groups excluding carboxylic acids is 1. The van der Waals surface area contributed by atoms with E-state index in [4.69, 9.17) is 5.11 Å². The Bertz CT molecular complexity index is 611. The van der Waals surface area contributed by atoms with Crippen LogP contribution in [0, 0.1) is 0 Å². The highest BCUT2D eigenvalue weighted by atomic mass is 79.9. The zero-order valence-electron chi connectivity index (χ0n) is 11.9. The molecule has 0 unspecified atom stereocenters. The molecule has 21 heavy (non-hydrogen) atoms. The summed E-state index contributed by atoms with van der Waals surface area (Å²) in [6, 6.07) is 5.63. The minimum atomic E-state index is -0.986. The normalized spacial score (nSPS) is 17.9. The van der Waals surface area contributed by atoms with E-state index in [1.54, 1.807) is 0 Å². The maximum atomic E-state index is 12.0. The summed E-state index contributed by atoms with van der Waals surface area (Å²) in [4.78, 5) is 24.6. The average Bonchev–Trinajstić information content (AvgIpc) is 2.40. The van der Waals surface area contributed by atoms with Crippen molar-refractivity contribution >= 4 is 39.6 Å². The number of carbonyl (C=O) groups is 2. The number of hydrogen-bond donors (Lipinski definition) is 2. The summed E-state index contributed by atoms with van der Waals surface area (Å²) in [6.45, 7) is 5.11. The number of amides is 1. The molecule has 1 heterocycles. The Morgan fingerprint density at radius 3 is 2.81 bits per heavy atom. The van der Waals surface area contributed by atoms with Crippen molar-refractivity contribution in [2.24, 2.45) is 0 Å². The highest BCUT2D eigenvalue weighted by Gasteiger charge is 2.37. The van der Waals surface area contributed by atoms with E-state index in [1.165, 1.54) is 6.08 Å². The number of carboxylic acids is 1. The van der Waals surface area contributed by atoms with Crippen molar-refractivity contribution in [3.8, 4) is 0 Å². The van der Waals surface area contributed by atoms with Gasteiger partial charge in [-0.05, 0) is 37.6 Å². The molecule has 0 aliphatic carbocycles. The molecule has 1 aromatic carbocycles. The van der Waals surface area contributed by atoms with Gasteiger partial charge in [0.15, 0.2) is 0 Å². The lowest BCUT2D eigenvalue weighted by Crippen LogP contribution is -2.62. The van der Waals surface area contributed by atoms with Crippen LogP contribution in [0.15, 0.2) is 28.7 Å². The maximum Gasteiger partial charge on any atom is 0.328 e. The van der Waals surface area contributed by atoms with Gasteiger partial charge in [0.1, 0.15) is 5.54 Å². The summed E-state index contributed by atoms with van der Waals surface area (Å²) in [6.07, 6.45) is 2.63. The zero-order valence-corrected chi connectivity index (χ0v) is 13.5. The van der Waals surface area contributed by atoms with Crippen LogP contribution in [0.3, 0.4) is 0 Å². The lowest BCUT2D eigenvalue weighted by atomic mass is 9.97. The number of aliphatic carboxylic acids is 1. The molecule has 0 aromatic heterocycles. The third kappa shape index (κ3) is 3.26. The molecule has 1 amide bonds. The SMILES string of the molecule is CC1(C)C(=O)NCCN1c1ccc(/C=C/C(=O)O)c(Br)c1. The topological polar surface area (TPSA) is 69.6 Å². The highest BCUT2D eigenvalue weighted by Crippen LogP contribution is 2.30. The van der Waals surface area contributed by atoms with Crippen molar-refractivity contribution in [1.82, 2.24) is 5.32 Å². The molecule has 0 atom stereocenters. The number of hydrogen-bond acceptors (Lipinski definition) is 3. The van der Waals surface area contributed by atoms with Crippen LogP contribution in [0.2, 0.25) is 0 Å². The van der Waals surface area contributed by atoms with E-state index < -0.39 is 11.5 Å². The van der Waals surface area contributed by atoms with Gasteiger partial charge in [0, 0.05) is 29.3 Å². The molecule has 0 spiro atoms. The van der Waals surface area contributed by atoms with Gasteiger partial charge in [-0.1, -0.05) is 22.0 Å². The molecule has 1 aromatic rings. The second-order valence-electron chi connectivity index (χ2n) is 5.34. The van der Waals surface area contributed by atoms with Crippen LogP contribution < -0.4 is 10.2 Å². The first-order valence-corrected chi connectivity index (χ1v) is 7.38. The second kappa shape index (κ2) is 5.89. The third-order valence-electron chi connectivity index (χ3n) is 3.55. The number of rotatable bonds is 3. The largest absolute Gasteiger partial charge is 0.478 e. The summed E-state index contributed by atoms with van der Waals surface area (Å²) in [5, 5.41) is 11.5. The molecular formula is C15H17BrN2O3. The number of benzene rings is 1. The van der Waals surface area contributed by atoms with Crippen LogP contribution in [-0.2, 0) is 9.59 Å². The van der Waals surface area contributed by atoms with Crippen molar-refractivity contribution in [2.45, 2.75) is 19.4 Å². The summed E-state index contributed by atoms with van der Waals surface area (Å²) in [5.41, 5.74) is 1.09. The summed E-state index contributed by atoms with van der Waals surface area (Å²) in [5.74, 6) is -0.987.